The number of carbonyl (C=O) groups is 1. The quantitative estimate of drug-likeness (QED) is 0.663. The molecule has 1 aromatic heterocycles. The largest absolute Gasteiger partial charge is 0.383 e. The highest BCUT2D eigenvalue weighted by atomic mass is 16.5. The molecular formula is C10H16N4O2. The Kier molecular flexibility index (Phi) is 5.21. The lowest BCUT2D eigenvalue weighted by molar-refractivity contribution is -0.119. The Hall–Kier alpha value is -1.69. The second-order valence-electron chi connectivity index (χ2n) is 3.26. The predicted molar refractivity (Wildman–Crippen MR) is 60.1 cm³/mol. The molecular weight excluding hydrogens is 208 g/mol. The lowest BCUT2D eigenvalue weighted by Gasteiger charge is -2.06. The van der Waals surface area contributed by atoms with E-state index in [0.29, 0.717) is 19.0 Å². The molecule has 1 heterocycles. The van der Waals surface area contributed by atoms with E-state index in [1.54, 1.807) is 13.2 Å². The number of amides is 1. The topological polar surface area (TPSA) is 76.1 Å². The Labute approximate surface area is 94.4 Å². The minimum Gasteiger partial charge on any atom is -0.383 e. The van der Waals surface area contributed by atoms with E-state index in [9.17, 15) is 4.79 Å². The Balaban J connectivity index is 2.23. The number of aryl methyl sites for hydroxylation is 1. The predicted octanol–water partition coefficient (Wildman–Crippen LogP) is -0.0405. The van der Waals surface area contributed by atoms with Gasteiger partial charge in [0.1, 0.15) is 5.82 Å². The summed E-state index contributed by atoms with van der Waals surface area (Å²) < 4.78 is 4.81. The van der Waals surface area contributed by atoms with Crippen LogP contribution in [0.5, 0.6) is 0 Å². The molecule has 0 unspecified atom stereocenters. The van der Waals surface area contributed by atoms with Crippen molar-refractivity contribution in [2.45, 2.75) is 6.92 Å². The van der Waals surface area contributed by atoms with Crippen molar-refractivity contribution in [3.8, 4) is 0 Å². The third-order valence-corrected chi connectivity index (χ3v) is 1.86. The SMILES string of the molecule is COCCNC(=O)CNc1ccc(C)nn1. The maximum Gasteiger partial charge on any atom is 0.239 e. The number of nitrogens with one attached hydrogen (secondary N) is 2. The van der Waals surface area contributed by atoms with Crippen LogP contribution in [0, 0.1) is 6.92 Å². The first-order valence-electron chi connectivity index (χ1n) is 5.02. The van der Waals surface area contributed by atoms with Crippen molar-refractivity contribution in [1.82, 2.24) is 15.5 Å². The fourth-order valence-corrected chi connectivity index (χ4v) is 1.02. The average molecular weight is 224 g/mol. The van der Waals surface area contributed by atoms with Crippen molar-refractivity contribution in [2.75, 3.05) is 32.1 Å². The molecule has 0 aliphatic heterocycles. The second-order valence-corrected chi connectivity index (χ2v) is 3.26. The van der Waals surface area contributed by atoms with Gasteiger partial charge in [0.2, 0.25) is 5.91 Å². The van der Waals surface area contributed by atoms with Crippen LogP contribution in [0.25, 0.3) is 0 Å². The van der Waals surface area contributed by atoms with E-state index in [4.69, 9.17) is 4.74 Å². The molecule has 0 saturated carbocycles. The molecule has 0 aromatic carbocycles. The molecule has 88 valence electrons. The van der Waals surface area contributed by atoms with E-state index in [1.807, 2.05) is 13.0 Å². The maximum atomic E-state index is 11.3. The van der Waals surface area contributed by atoms with Gasteiger partial charge in [-0.05, 0) is 19.1 Å². The summed E-state index contributed by atoms with van der Waals surface area (Å²) in [5, 5.41) is 13.3. The highest BCUT2D eigenvalue weighted by molar-refractivity contribution is 5.80. The molecule has 6 heteroatoms. The van der Waals surface area contributed by atoms with Gasteiger partial charge in [0, 0.05) is 13.7 Å². The monoisotopic (exact) mass is 224 g/mol. The Morgan fingerprint density at radius 2 is 2.25 bits per heavy atom. The molecule has 0 radical (unpaired) electrons. The smallest absolute Gasteiger partial charge is 0.239 e. The fourth-order valence-electron chi connectivity index (χ4n) is 1.02. The van der Waals surface area contributed by atoms with E-state index < -0.39 is 0 Å². The van der Waals surface area contributed by atoms with Crippen LogP contribution in [0.3, 0.4) is 0 Å². The van der Waals surface area contributed by atoms with Gasteiger partial charge in [0.05, 0.1) is 18.8 Å². The molecule has 0 bridgehead atoms. The summed E-state index contributed by atoms with van der Waals surface area (Å²) in [6.45, 7) is 3.06. The van der Waals surface area contributed by atoms with Crippen LogP contribution in [0.1, 0.15) is 5.69 Å². The number of carbonyl (C=O) groups excluding carboxylic acids is 1. The fraction of sp³-hybridized carbons (Fsp3) is 0.500. The summed E-state index contributed by atoms with van der Waals surface area (Å²) in [6, 6.07) is 3.61. The van der Waals surface area contributed by atoms with Gasteiger partial charge in [-0.1, -0.05) is 0 Å². The average Bonchev–Trinajstić information content (AvgIpc) is 2.29. The third-order valence-electron chi connectivity index (χ3n) is 1.86. The first-order valence-corrected chi connectivity index (χ1v) is 5.02. The minimum atomic E-state index is -0.0978. The molecule has 0 fully saturated rings. The summed E-state index contributed by atoms with van der Waals surface area (Å²) in [4.78, 5) is 11.3. The molecule has 0 aliphatic carbocycles. The summed E-state index contributed by atoms with van der Waals surface area (Å²) in [7, 11) is 1.59. The molecule has 1 rings (SSSR count). The molecule has 0 spiro atoms. The Bertz CT molecular complexity index is 326. The molecule has 16 heavy (non-hydrogen) atoms. The number of hydrogen-bond donors (Lipinski definition) is 2. The van der Waals surface area contributed by atoms with Crippen LogP contribution < -0.4 is 10.6 Å². The van der Waals surface area contributed by atoms with Gasteiger partial charge in [0.15, 0.2) is 0 Å². The maximum absolute atomic E-state index is 11.3. The van der Waals surface area contributed by atoms with Crippen LogP contribution >= 0.6 is 0 Å². The van der Waals surface area contributed by atoms with Crippen LogP contribution in [-0.2, 0) is 9.53 Å². The number of ether oxygens (including phenoxy) is 1. The van der Waals surface area contributed by atoms with Crippen molar-refractivity contribution < 1.29 is 9.53 Å². The van der Waals surface area contributed by atoms with Crippen LogP contribution in [0.4, 0.5) is 5.82 Å². The number of aromatic nitrogens is 2. The van der Waals surface area contributed by atoms with Crippen LogP contribution in [0.15, 0.2) is 12.1 Å². The zero-order valence-corrected chi connectivity index (χ0v) is 9.49. The first kappa shape index (κ1) is 12.4. The van der Waals surface area contributed by atoms with Gasteiger partial charge < -0.3 is 15.4 Å². The van der Waals surface area contributed by atoms with Crippen LogP contribution in [0.2, 0.25) is 0 Å². The van der Waals surface area contributed by atoms with Gasteiger partial charge in [-0.25, -0.2) is 0 Å². The number of anilines is 1. The number of hydrogen-bond acceptors (Lipinski definition) is 5. The normalized spacial score (nSPS) is 9.88. The van der Waals surface area contributed by atoms with Crippen LogP contribution in [-0.4, -0.2) is 42.9 Å². The molecule has 0 aliphatic rings. The van der Waals surface area contributed by atoms with Gasteiger partial charge in [-0.3, -0.25) is 4.79 Å². The first-order chi connectivity index (χ1) is 7.72. The van der Waals surface area contributed by atoms with Crippen molar-refractivity contribution in [3.05, 3.63) is 17.8 Å². The minimum absolute atomic E-state index is 0.0978. The van der Waals surface area contributed by atoms with Gasteiger partial charge in [-0.2, -0.15) is 5.10 Å². The Morgan fingerprint density at radius 1 is 1.44 bits per heavy atom. The second kappa shape index (κ2) is 6.73. The zero-order valence-electron chi connectivity index (χ0n) is 9.49. The van der Waals surface area contributed by atoms with Crippen molar-refractivity contribution in [2.24, 2.45) is 0 Å². The van der Waals surface area contributed by atoms with Crippen molar-refractivity contribution >= 4 is 11.7 Å². The third kappa shape index (κ3) is 4.70. The van der Waals surface area contributed by atoms with Gasteiger partial charge >= 0.3 is 0 Å². The molecule has 2 N–H and O–H groups in total. The number of nitrogens with zero attached hydrogens (tertiary/aromatic N) is 2. The lowest BCUT2D eigenvalue weighted by Crippen LogP contribution is -2.32. The molecule has 6 nitrogen and oxygen atoms in total. The number of methoxy groups -OCH3 is 1. The van der Waals surface area contributed by atoms with Crippen molar-refractivity contribution in [1.29, 1.82) is 0 Å². The standard InChI is InChI=1S/C10H16N4O2/c1-8-3-4-9(14-13-8)12-7-10(15)11-5-6-16-2/h3-4H,5-7H2,1-2H3,(H,11,15)(H,12,14). The molecule has 0 atom stereocenters. The van der Waals surface area contributed by atoms with Gasteiger partial charge in [-0.15, -0.1) is 5.10 Å². The Morgan fingerprint density at radius 3 is 2.88 bits per heavy atom. The van der Waals surface area contributed by atoms with E-state index >= 15 is 0 Å². The van der Waals surface area contributed by atoms with E-state index in [1.165, 1.54) is 0 Å². The highest BCUT2D eigenvalue weighted by Gasteiger charge is 2.00. The zero-order chi connectivity index (χ0) is 11.8. The summed E-state index contributed by atoms with van der Waals surface area (Å²) in [6.07, 6.45) is 0. The van der Waals surface area contributed by atoms with Gasteiger partial charge in [0.25, 0.3) is 0 Å². The van der Waals surface area contributed by atoms with E-state index in [-0.39, 0.29) is 12.5 Å². The summed E-state index contributed by atoms with van der Waals surface area (Å²) in [5.74, 6) is 0.493. The van der Waals surface area contributed by atoms with E-state index in [2.05, 4.69) is 20.8 Å². The van der Waals surface area contributed by atoms with Crippen molar-refractivity contribution in [3.63, 3.8) is 0 Å². The summed E-state index contributed by atoms with van der Waals surface area (Å²) >= 11 is 0. The number of rotatable bonds is 6. The highest BCUT2D eigenvalue weighted by Crippen LogP contribution is 1.99. The summed E-state index contributed by atoms with van der Waals surface area (Å²) in [5.41, 5.74) is 0.843. The molecule has 1 amide bonds. The molecule has 1 aromatic rings. The lowest BCUT2D eigenvalue weighted by atomic mass is 10.4. The van der Waals surface area contributed by atoms with E-state index in [0.717, 1.165) is 5.69 Å². The molecule has 0 saturated heterocycles.